The summed E-state index contributed by atoms with van der Waals surface area (Å²) in [6, 6.07) is 33.3. The molecule has 192 valence electrons. The molecule has 6 nitrogen and oxygen atoms in total. The van der Waals surface area contributed by atoms with E-state index in [1.165, 1.54) is 0 Å². The smallest absolute Gasteiger partial charge is 0.206 e. The first-order valence-electron chi connectivity index (χ1n) is 12.6. The van der Waals surface area contributed by atoms with Crippen LogP contribution in [0.4, 0.5) is 11.4 Å². The van der Waals surface area contributed by atoms with Crippen LogP contribution in [0.25, 0.3) is 0 Å². The lowest BCUT2D eigenvalue weighted by Gasteiger charge is -2.26. The van der Waals surface area contributed by atoms with Gasteiger partial charge in [0, 0.05) is 30.4 Å². The van der Waals surface area contributed by atoms with Crippen molar-refractivity contribution in [1.82, 2.24) is 4.90 Å². The summed E-state index contributed by atoms with van der Waals surface area (Å²) in [5.74, 6) is 2.52. The van der Waals surface area contributed by atoms with Gasteiger partial charge in [-0.15, -0.1) is 0 Å². The number of nitrogens with zero attached hydrogens (tertiary/aromatic N) is 3. The van der Waals surface area contributed by atoms with Crippen molar-refractivity contribution < 1.29 is 14.3 Å². The number of ether oxygens (including phenoxy) is 2. The van der Waals surface area contributed by atoms with Crippen LogP contribution in [0.1, 0.15) is 21.5 Å². The Morgan fingerprint density at radius 3 is 1.97 bits per heavy atom. The Balaban J connectivity index is 1.43. The molecule has 1 fully saturated rings. The maximum atomic E-state index is 12.8. The second-order valence-electron chi connectivity index (χ2n) is 9.31. The molecule has 1 unspecified atom stereocenters. The van der Waals surface area contributed by atoms with E-state index in [0.717, 1.165) is 47.4 Å². The maximum absolute atomic E-state index is 12.8. The zero-order valence-corrected chi connectivity index (χ0v) is 21.9. The van der Waals surface area contributed by atoms with E-state index in [9.17, 15) is 4.79 Å². The highest BCUT2D eigenvalue weighted by Gasteiger charge is 2.34. The highest BCUT2D eigenvalue weighted by atomic mass is 16.5. The van der Waals surface area contributed by atoms with Gasteiger partial charge in [0.15, 0.2) is 5.78 Å². The number of anilines is 1. The molecule has 1 heterocycles. The van der Waals surface area contributed by atoms with Crippen molar-refractivity contribution in [3.8, 4) is 11.5 Å². The van der Waals surface area contributed by atoms with Crippen molar-refractivity contribution in [1.29, 1.82) is 0 Å². The van der Waals surface area contributed by atoms with Crippen LogP contribution in [0.5, 0.6) is 11.5 Å². The van der Waals surface area contributed by atoms with Crippen molar-refractivity contribution in [3.63, 3.8) is 0 Å². The lowest BCUT2D eigenvalue weighted by atomic mass is 9.99. The average molecular weight is 506 g/mol. The number of guanidine groups is 1. The highest BCUT2D eigenvalue weighted by Crippen LogP contribution is 2.30. The molecule has 38 heavy (non-hydrogen) atoms. The summed E-state index contributed by atoms with van der Waals surface area (Å²) in [6.07, 6.45) is 0.803. The van der Waals surface area contributed by atoms with Gasteiger partial charge in [-0.05, 0) is 60.5 Å². The van der Waals surface area contributed by atoms with E-state index in [4.69, 9.17) is 14.5 Å². The number of carbonyl (C=O) groups is 1. The monoisotopic (exact) mass is 505 g/mol. The summed E-state index contributed by atoms with van der Waals surface area (Å²) in [4.78, 5) is 22.3. The average Bonchev–Trinajstić information content (AvgIpc) is 3.27. The van der Waals surface area contributed by atoms with E-state index in [1.807, 2.05) is 78.9 Å². The van der Waals surface area contributed by atoms with Crippen LogP contribution in [0.2, 0.25) is 0 Å². The van der Waals surface area contributed by atoms with Crippen LogP contribution in [0, 0.1) is 0 Å². The van der Waals surface area contributed by atoms with Gasteiger partial charge in [0.25, 0.3) is 0 Å². The summed E-state index contributed by atoms with van der Waals surface area (Å²) in [7, 11) is 5.40. The molecule has 6 heteroatoms. The molecule has 1 aliphatic heterocycles. The molecule has 0 aliphatic carbocycles. The van der Waals surface area contributed by atoms with Gasteiger partial charge in [-0.25, -0.2) is 4.99 Å². The van der Waals surface area contributed by atoms with Crippen molar-refractivity contribution in [2.45, 2.75) is 12.5 Å². The van der Waals surface area contributed by atoms with Gasteiger partial charge in [-0.2, -0.15) is 0 Å². The third-order valence-electron chi connectivity index (χ3n) is 6.78. The second kappa shape index (κ2) is 11.2. The van der Waals surface area contributed by atoms with Crippen molar-refractivity contribution in [2.24, 2.45) is 4.99 Å². The van der Waals surface area contributed by atoms with E-state index < -0.39 is 0 Å². The van der Waals surface area contributed by atoms with Crippen molar-refractivity contribution in [2.75, 3.05) is 32.7 Å². The zero-order chi connectivity index (χ0) is 26.5. The first kappa shape index (κ1) is 25.1. The third kappa shape index (κ3) is 5.39. The molecular weight excluding hydrogens is 474 g/mol. The number of aliphatic imine (C=N–C) groups is 1. The third-order valence-corrected chi connectivity index (χ3v) is 6.78. The van der Waals surface area contributed by atoms with E-state index in [-0.39, 0.29) is 11.8 Å². The van der Waals surface area contributed by atoms with Gasteiger partial charge in [-0.3, -0.25) is 4.79 Å². The zero-order valence-electron chi connectivity index (χ0n) is 21.9. The Kier molecular flexibility index (Phi) is 7.40. The number of methoxy groups -OCH3 is 2. The number of ketones is 1. The first-order valence-corrected chi connectivity index (χ1v) is 12.6. The van der Waals surface area contributed by atoms with Crippen LogP contribution in [0.15, 0.2) is 108 Å². The number of carbonyl (C=O) groups excluding carboxylic acids is 1. The molecule has 5 rings (SSSR count). The maximum Gasteiger partial charge on any atom is 0.206 e. The number of rotatable bonds is 8. The fraction of sp³-hybridized carbons (Fsp3) is 0.188. The molecule has 0 saturated carbocycles. The first-order chi connectivity index (χ1) is 18.6. The fourth-order valence-corrected chi connectivity index (χ4v) is 4.78. The minimum Gasteiger partial charge on any atom is -0.497 e. The molecule has 0 radical (unpaired) electrons. The topological polar surface area (TPSA) is 54.4 Å². The van der Waals surface area contributed by atoms with Gasteiger partial charge < -0.3 is 19.3 Å². The molecular formula is C32H31N3O3. The summed E-state index contributed by atoms with van der Waals surface area (Å²) in [6.45, 7) is 0.811. The molecule has 1 atom stereocenters. The second-order valence-corrected chi connectivity index (χ2v) is 9.31. The van der Waals surface area contributed by atoms with Gasteiger partial charge >= 0.3 is 0 Å². The van der Waals surface area contributed by atoms with Gasteiger partial charge in [0.2, 0.25) is 5.96 Å². The van der Waals surface area contributed by atoms with Gasteiger partial charge in [0.1, 0.15) is 11.5 Å². The summed E-state index contributed by atoms with van der Waals surface area (Å²) < 4.78 is 10.7. The number of hydrogen-bond donors (Lipinski definition) is 0. The predicted molar refractivity (Wildman–Crippen MR) is 152 cm³/mol. The highest BCUT2D eigenvalue weighted by molar-refractivity contribution is 6.09. The van der Waals surface area contributed by atoms with Crippen LogP contribution < -0.4 is 14.4 Å². The Morgan fingerprint density at radius 2 is 1.37 bits per heavy atom. The molecule has 0 spiro atoms. The molecule has 0 bridgehead atoms. The molecule has 0 aromatic heterocycles. The van der Waals surface area contributed by atoms with Crippen LogP contribution in [-0.2, 0) is 6.42 Å². The predicted octanol–water partition coefficient (Wildman–Crippen LogP) is 5.99. The Labute approximate surface area is 223 Å². The van der Waals surface area contributed by atoms with Crippen molar-refractivity contribution >= 4 is 23.1 Å². The minimum atomic E-state index is 0.0338. The SMILES string of the molecule is COc1ccc(N=C2N(C)CC(Cc3ccc(C(=O)c4ccccc4)cc3)N2c2ccc(OC)cc2)cc1. The molecule has 4 aromatic carbocycles. The van der Waals surface area contributed by atoms with E-state index in [0.29, 0.717) is 11.1 Å². The standard InChI is InChI=1S/C32H31N3O3/c1-34-22-28(21-23-9-11-25(12-10-23)31(36)24-7-5-4-6-8-24)35(27-15-19-30(38-3)20-16-27)32(34)33-26-13-17-29(37-2)18-14-26/h4-20,28H,21-22H2,1-3H3. The van der Waals surface area contributed by atoms with Crippen LogP contribution in [0.3, 0.4) is 0 Å². The summed E-state index contributed by atoms with van der Waals surface area (Å²) in [5, 5.41) is 0. The van der Waals surface area contributed by atoms with E-state index >= 15 is 0 Å². The largest absolute Gasteiger partial charge is 0.497 e. The van der Waals surface area contributed by atoms with Gasteiger partial charge in [-0.1, -0.05) is 54.6 Å². The minimum absolute atomic E-state index is 0.0338. The Hall–Kier alpha value is -4.58. The Bertz CT molecular complexity index is 1400. The quantitative estimate of drug-likeness (QED) is 0.276. The lowest BCUT2D eigenvalue weighted by molar-refractivity contribution is 0.103. The fourth-order valence-electron chi connectivity index (χ4n) is 4.78. The van der Waals surface area contributed by atoms with E-state index in [1.54, 1.807) is 14.2 Å². The van der Waals surface area contributed by atoms with Crippen LogP contribution in [-0.4, -0.2) is 50.5 Å². The number of hydrogen-bond acceptors (Lipinski definition) is 4. The molecule has 4 aromatic rings. The number of benzene rings is 4. The molecule has 0 N–H and O–H groups in total. The van der Waals surface area contributed by atoms with E-state index in [2.05, 4.69) is 41.1 Å². The lowest BCUT2D eigenvalue weighted by Crippen LogP contribution is -2.36. The molecule has 1 aliphatic rings. The summed E-state index contributed by atoms with van der Waals surface area (Å²) in [5.41, 5.74) is 4.45. The van der Waals surface area contributed by atoms with Crippen molar-refractivity contribution in [3.05, 3.63) is 120 Å². The van der Waals surface area contributed by atoms with Crippen LogP contribution >= 0.6 is 0 Å². The molecule has 1 saturated heterocycles. The molecule has 0 amide bonds. The Morgan fingerprint density at radius 1 is 0.789 bits per heavy atom. The number of likely N-dealkylation sites (N-methyl/N-ethyl adjacent to an activating group) is 1. The normalized spacial score (nSPS) is 16.1. The summed E-state index contributed by atoms with van der Waals surface area (Å²) >= 11 is 0. The van der Waals surface area contributed by atoms with Gasteiger partial charge in [0.05, 0.1) is 25.9 Å².